The zero-order valence-corrected chi connectivity index (χ0v) is 22.0. The molecule has 2 aliphatic heterocycles. The van der Waals surface area contributed by atoms with Crippen LogP contribution in [0.4, 0.5) is 9.18 Å². The number of nitrogens with zero attached hydrogens (tertiary/aromatic N) is 2. The minimum Gasteiger partial charge on any atom is -0.390 e. The van der Waals surface area contributed by atoms with Gasteiger partial charge in [-0.2, -0.15) is 0 Å². The van der Waals surface area contributed by atoms with E-state index in [1.807, 2.05) is 0 Å². The Kier molecular flexibility index (Phi) is 9.08. The first-order valence-corrected chi connectivity index (χ1v) is 13.4. The molecule has 2 saturated heterocycles. The summed E-state index contributed by atoms with van der Waals surface area (Å²) in [6.07, 6.45) is 2.48. The number of nitrogens with two attached hydrogens (primary N) is 1. The van der Waals surface area contributed by atoms with Crippen LogP contribution < -0.4 is 5.73 Å². The maximum atomic E-state index is 15.4. The Bertz CT molecular complexity index is 1080. The number of ether oxygens (including phenoxy) is 1. The van der Waals surface area contributed by atoms with E-state index in [0.29, 0.717) is 73.6 Å². The zero-order chi connectivity index (χ0) is 26.6. The number of β-amino-alcohol motifs (C(OH)–C–C–N with tert-alkyl or cyclic N) is 1. The summed E-state index contributed by atoms with van der Waals surface area (Å²) < 4.78 is 20.6. The van der Waals surface area contributed by atoms with Crippen LogP contribution in [-0.4, -0.2) is 78.1 Å². The second-order valence-electron chi connectivity index (χ2n) is 10.3. The van der Waals surface area contributed by atoms with Crippen molar-refractivity contribution in [3.8, 4) is 11.1 Å². The summed E-state index contributed by atoms with van der Waals surface area (Å²) >= 11 is 6.24. The van der Waals surface area contributed by atoms with Gasteiger partial charge in [0, 0.05) is 62.4 Å². The van der Waals surface area contributed by atoms with Crippen LogP contribution in [-0.2, 0) is 10.3 Å². The molecule has 0 radical (unpaired) electrons. The molecule has 1 unspecified atom stereocenters. The van der Waals surface area contributed by atoms with Crippen molar-refractivity contribution in [2.45, 2.75) is 49.9 Å². The van der Waals surface area contributed by atoms with Crippen LogP contribution in [0.1, 0.15) is 37.7 Å². The monoisotopic (exact) mass is 533 g/mol. The molecular formula is C28H37ClFN3O4. The Morgan fingerprint density at radius 2 is 1.97 bits per heavy atom. The number of hydrogen-bond donors (Lipinski definition) is 3. The number of unbranched alkanes of at least 4 members (excludes halogenated alkanes) is 1. The van der Waals surface area contributed by atoms with Crippen molar-refractivity contribution in [2.75, 3.05) is 39.9 Å². The molecule has 0 bridgehead atoms. The molecule has 4 N–H and O–H groups in total. The number of piperidine rings is 1. The Morgan fingerprint density at radius 3 is 2.68 bits per heavy atom. The first-order chi connectivity index (χ1) is 17.7. The number of carbonyl (C=O) groups is 1. The smallest absolute Gasteiger partial charge is 0.320 e. The first-order valence-electron chi connectivity index (χ1n) is 13.0. The highest BCUT2D eigenvalue weighted by Gasteiger charge is 2.44. The fourth-order valence-electron chi connectivity index (χ4n) is 5.73. The van der Waals surface area contributed by atoms with Crippen LogP contribution in [0, 0.1) is 11.7 Å². The van der Waals surface area contributed by atoms with E-state index in [1.165, 1.54) is 6.07 Å². The van der Waals surface area contributed by atoms with Crippen molar-refractivity contribution in [1.82, 2.24) is 9.80 Å². The van der Waals surface area contributed by atoms with Gasteiger partial charge in [0.15, 0.2) is 0 Å². The SMILES string of the molecule is COCCCC[C@@](O)(c1cccc(F)c1-c1cccc(Cl)c1)C1CCCN(C(=O)N2C[C@@H](N)[C@@H](O)C2)C1. The lowest BCUT2D eigenvalue weighted by molar-refractivity contribution is -0.0573. The molecule has 2 aromatic carbocycles. The van der Waals surface area contributed by atoms with Gasteiger partial charge in [-0.05, 0) is 61.4 Å². The van der Waals surface area contributed by atoms with E-state index in [4.69, 9.17) is 22.1 Å². The lowest BCUT2D eigenvalue weighted by Crippen LogP contribution is -2.52. The highest BCUT2D eigenvalue weighted by Crippen LogP contribution is 2.45. The average Bonchev–Trinajstić information content (AvgIpc) is 3.23. The van der Waals surface area contributed by atoms with Gasteiger partial charge in [0.2, 0.25) is 0 Å². The minimum atomic E-state index is -1.38. The van der Waals surface area contributed by atoms with Crippen molar-refractivity contribution in [2.24, 2.45) is 11.7 Å². The van der Waals surface area contributed by atoms with E-state index in [1.54, 1.807) is 53.3 Å². The predicted octanol–water partition coefficient (Wildman–Crippen LogP) is 3.99. The molecule has 2 fully saturated rings. The van der Waals surface area contributed by atoms with Crippen LogP contribution in [0.3, 0.4) is 0 Å². The number of likely N-dealkylation sites (tertiary alicyclic amines) is 2. The van der Waals surface area contributed by atoms with Crippen LogP contribution in [0.25, 0.3) is 11.1 Å². The number of amides is 2. The quantitative estimate of drug-likeness (QED) is 0.446. The predicted molar refractivity (Wildman–Crippen MR) is 142 cm³/mol. The highest BCUT2D eigenvalue weighted by molar-refractivity contribution is 6.30. The Balaban J connectivity index is 1.68. The fraction of sp³-hybridized carbons (Fsp3) is 0.536. The van der Waals surface area contributed by atoms with Gasteiger partial charge in [0.05, 0.1) is 11.7 Å². The van der Waals surface area contributed by atoms with Crippen LogP contribution in [0.2, 0.25) is 5.02 Å². The number of benzene rings is 2. The van der Waals surface area contributed by atoms with Crippen LogP contribution >= 0.6 is 11.6 Å². The number of urea groups is 1. The number of carbonyl (C=O) groups excluding carboxylic acids is 1. The summed E-state index contributed by atoms with van der Waals surface area (Å²) in [6.45, 7) is 1.94. The van der Waals surface area contributed by atoms with E-state index in [2.05, 4.69) is 0 Å². The fourth-order valence-corrected chi connectivity index (χ4v) is 5.92. The van der Waals surface area contributed by atoms with Crippen LogP contribution in [0.5, 0.6) is 0 Å². The van der Waals surface area contributed by atoms with Gasteiger partial charge in [0.25, 0.3) is 0 Å². The van der Waals surface area contributed by atoms with Crippen molar-refractivity contribution < 1.29 is 24.1 Å². The number of hydrogen-bond acceptors (Lipinski definition) is 5. The van der Waals surface area contributed by atoms with Gasteiger partial charge in [-0.15, -0.1) is 0 Å². The van der Waals surface area contributed by atoms with Crippen molar-refractivity contribution in [3.05, 3.63) is 58.9 Å². The normalized spacial score (nSPS) is 23.8. The Labute approximate surface area is 223 Å². The molecule has 2 amide bonds. The number of aliphatic hydroxyl groups excluding tert-OH is 1. The third-order valence-electron chi connectivity index (χ3n) is 7.72. The maximum Gasteiger partial charge on any atom is 0.320 e. The summed E-state index contributed by atoms with van der Waals surface area (Å²) in [5.41, 5.74) is 5.98. The van der Waals surface area contributed by atoms with Gasteiger partial charge in [-0.3, -0.25) is 0 Å². The molecule has 0 saturated carbocycles. The van der Waals surface area contributed by atoms with E-state index in [-0.39, 0.29) is 18.5 Å². The van der Waals surface area contributed by atoms with Gasteiger partial charge in [0.1, 0.15) is 5.82 Å². The van der Waals surface area contributed by atoms with Gasteiger partial charge >= 0.3 is 6.03 Å². The molecule has 2 aliphatic rings. The first kappa shape index (κ1) is 27.8. The molecule has 202 valence electrons. The van der Waals surface area contributed by atoms with E-state index in [9.17, 15) is 15.0 Å². The topological polar surface area (TPSA) is 99.3 Å². The molecule has 0 aromatic heterocycles. The Morgan fingerprint density at radius 1 is 1.19 bits per heavy atom. The lowest BCUT2D eigenvalue weighted by atomic mass is 9.72. The number of rotatable bonds is 8. The van der Waals surface area contributed by atoms with Crippen molar-refractivity contribution in [1.29, 1.82) is 0 Å². The van der Waals surface area contributed by atoms with Gasteiger partial charge in [-0.25, -0.2) is 9.18 Å². The second kappa shape index (κ2) is 12.1. The molecule has 2 heterocycles. The number of aliphatic hydroxyl groups is 2. The van der Waals surface area contributed by atoms with E-state index < -0.39 is 23.6 Å². The van der Waals surface area contributed by atoms with Gasteiger partial charge < -0.3 is 30.5 Å². The third kappa shape index (κ3) is 6.10. The standard InChI is InChI=1S/C28H37ClFN3O4/c1-37-14-3-2-12-28(36,22-10-5-11-23(30)26(22)19-7-4-9-21(29)15-19)20-8-6-13-32(16-20)27(35)33-17-24(31)25(34)18-33/h4-5,7,9-11,15,20,24-25,34,36H,2-3,6,8,12-14,16-18,31H2,1H3/t20?,24-,25+,28+/m1/s1. The van der Waals surface area contributed by atoms with E-state index >= 15 is 4.39 Å². The lowest BCUT2D eigenvalue weighted by Gasteiger charge is -2.44. The summed E-state index contributed by atoms with van der Waals surface area (Å²) in [4.78, 5) is 16.6. The van der Waals surface area contributed by atoms with Crippen molar-refractivity contribution in [3.63, 3.8) is 0 Å². The van der Waals surface area contributed by atoms with Gasteiger partial charge in [-0.1, -0.05) is 35.9 Å². The highest BCUT2D eigenvalue weighted by atomic mass is 35.5. The summed E-state index contributed by atoms with van der Waals surface area (Å²) in [5, 5.41) is 23.0. The summed E-state index contributed by atoms with van der Waals surface area (Å²) in [5.74, 6) is -0.743. The van der Waals surface area contributed by atoms with E-state index in [0.717, 1.165) is 6.42 Å². The summed E-state index contributed by atoms with van der Waals surface area (Å²) in [6, 6.07) is 11.1. The molecule has 7 nitrogen and oxygen atoms in total. The molecule has 37 heavy (non-hydrogen) atoms. The maximum absolute atomic E-state index is 15.4. The third-order valence-corrected chi connectivity index (χ3v) is 7.96. The number of halogens is 2. The van der Waals surface area contributed by atoms with Crippen LogP contribution in [0.15, 0.2) is 42.5 Å². The average molecular weight is 534 g/mol. The molecule has 2 aromatic rings. The minimum absolute atomic E-state index is 0.187. The molecule has 4 atom stereocenters. The molecule has 4 rings (SSSR count). The number of methoxy groups -OCH3 is 1. The zero-order valence-electron chi connectivity index (χ0n) is 21.3. The largest absolute Gasteiger partial charge is 0.390 e. The summed E-state index contributed by atoms with van der Waals surface area (Å²) in [7, 11) is 1.64. The second-order valence-corrected chi connectivity index (χ2v) is 10.7. The molecule has 0 aliphatic carbocycles. The molecule has 0 spiro atoms. The van der Waals surface area contributed by atoms with Crippen molar-refractivity contribution >= 4 is 17.6 Å². The molecule has 9 heteroatoms. The molecular weight excluding hydrogens is 497 g/mol. The Hall–Kier alpha value is -2.23.